The average Bonchev–Trinajstić information content (AvgIpc) is 2.39. The number of aromatic nitrogens is 1. The second-order valence-electron chi connectivity index (χ2n) is 4.18. The summed E-state index contributed by atoms with van der Waals surface area (Å²) in [5.41, 5.74) is 8.88. The van der Waals surface area contributed by atoms with Crippen molar-refractivity contribution in [2.45, 2.75) is 13.5 Å². The molecule has 0 aliphatic carbocycles. The highest BCUT2D eigenvalue weighted by atomic mass is 35.5. The van der Waals surface area contributed by atoms with E-state index in [0.29, 0.717) is 11.6 Å². The van der Waals surface area contributed by atoms with Crippen LogP contribution < -0.4 is 10.6 Å². The molecule has 1 aromatic heterocycles. The normalized spacial score (nSPS) is 10.4. The van der Waals surface area contributed by atoms with Gasteiger partial charge in [0.25, 0.3) is 0 Å². The summed E-state index contributed by atoms with van der Waals surface area (Å²) in [7, 11) is 1.98. The molecule has 0 radical (unpaired) electrons. The van der Waals surface area contributed by atoms with Gasteiger partial charge in [0.05, 0.1) is 5.02 Å². The van der Waals surface area contributed by atoms with Crippen molar-refractivity contribution in [3.05, 3.63) is 52.7 Å². The van der Waals surface area contributed by atoms with Crippen molar-refractivity contribution in [3.63, 3.8) is 0 Å². The fourth-order valence-corrected chi connectivity index (χ4v) is 2.05. The molecule has 18 heavy (non-hydrogen) atoms. The predicted octanol–water partition coefficient (Wildman–Crippen LogP) is 3.27. The molecule has 0 bridgehead atoms. The smallest absolute Gasteiger partial charge is 0.133 e. The van der Waals surface area contributed by atoms with Crippen LogP contribution in [0.5, 0.6) is 0 Å². The Morgan fingerprint density at radius 2 is 2.06 bits per heavy atom. The topological polar surface area (TPSA) is 42.1 Å². The van der Waals surface area contributed by atoms with Gasteiger partial charge in [-0.1, -0.05) is 29.8 Å². The third-order valence-electron chi connectivity index (χ3n) is 2.96. The Morgan fingerprint density at radius 1 is 1.33 bits per heavy atom. The Labute approximate surface area is 112 Å². The van der Waals surface area contributed by atoms with Crippen molar-refractivity contribution in [1.82, 2.24) is 4.98 Å². The van der Waals surface area contributed by atoms with Gasteiger partial charge in [0.2, 0.25) is 0 Å². The lowest BCUT2D eigenvalue weighted by Crippen LogP contribution is -2.13. The zero-order chi connectivity index (χ0) is 13.1. The fraction of sp³-hybridized carbons (Fsp3) is 0.214. The number of benzene rings is 1. The summed E-state index contributed by atoms with van der Waals surface area (Å²) in [6.07, 6.45) is 1.65. The lowest BCUT2D eigenvalue weighted by molar-refractivity contribution is 1.04. The van der Waals surface area contributed by atoms with Gasteiger partial charge in [0.15, 0.2) is 0 Å². The average molecular weight is 262 g/mol. The van der Waals surface area contributed by atoms with E-state index in [2.05, 4.69) is 24.0 Å². The molecule has 94 valence electrons. The minimum atomic E-state index is 0.413. The zero-order valence-electron chi connectivity index (χ0n) is 10.5. The number of halogens is 1. The maximum Gasteiger partial charge on any atom is 0.133 e. The molecule has 0 spiro atoms. The van der Waals surface area contributed by atoms with E-state index < -0.39 is 0 Å². The first-order valence-electron chi connectivity index (χ1n) is 5.77. The molecule has 0 fully saturated rings. The summed E-state index contributed by atoms with van der Waals surface area (Å²) in [5, 5.41) is 0.611. The molecule has 2 aromatic rings. The van der Waals surface area contributed by atoms with Gasteiger partial charge >= 0.3 is 0 Å². The molecule has 0 aliphatic rings. The first-order valence-corrected chi connectivity index (χ1v) is 6.15. The SMILES string of the molecule is Cc1ccccc1N(C)c1cc(CN)c(Cl)cn1. The largest absolute Gasteiger partial charge is 0.329 e. The van der Waals surface area contributed by atoms with Crippen LogP contribution in [-0.2, 0) is 6.54 Å². The van der Waals surface area contributed by atoms with Gasteiger partial charge in [0.1, 0.15) is 5.82 Å². The molecule has 2 rings (SSSR count). The van der Waals surface area contributed by atoms with Crippen molar-refractivity contribution in [2.75, 3.05) is 11.9 Å². The summed E-state index contributed by atoms with van der Waals surface area (Å²) in [6, 6.07) is 10.1. The van der Waals surface area contributed by atoms with Crippen LogP contribution in [0.15, 0.2) is 36.5 Å². The van der Waals surface area contributed by atoms with Crippen molar-refractivity contribution in [2.24, 2.45) is 5.73 Å². The minimum Gasteiger partial charge on any atom is -0.329 e. The van der Waals surface area contributed by atoms with Crippen molar-refractivity contribution < 1.29 is 0 Å². The van der Waals surface area contributed by atoms with E-state index in [1.807, 2.05) is 30.1 Å². The van der Waals surface area contributed by atoms with E-state index in [4.69, 9.17) is 17.3 Å². The highest BCUT2D eigenvalue weighted by Gasteiger charge is 2.09. The number of hydrogen-bond donors (Lipinski definition) is 1. The summed E-state index contributed by atoms with van der Waals surface area (Å²) in [4.78, 5) is 6.38. The van der Waals surface area contributed by atoms with Crippen LogP contribution >= 0.6 is 11.6 Å². The summed E-state index contributed by atoms with van der Waals surface area (Å²) in [5.74, 6) is 0.842. The number of para-hydroxylation sites is 1. The van der Waals surface area contributed by atoms with Gasteiger partial charge in [-0.3, -0.25) is 0 Å². The van der Waals surface area contributed by atoms with E-state index in [1.165, 1.54) is 5.56 Å². The summed E-state index contributed by atoms with van der Waals surface area (Å²) in [6.45, 7) is 2.49. The maximum atomic E-state index is 6.02. The molecule has 0 saturated carbocycles. The number of aryl methyl sites for hydroxylation is 1. The van der Waals surface area contributed by atoms with Crippen LogP contribution in [-0.4, -0.2) is 12.0 Å². The van der Waals surface area contributed by atoms with Gasteiger partial charge in [0, 0.05) is 25.5 Å². The standard InChI is InChI=1S/C14H16ClN3/c1-10-5-3-4-6-13(10)18(2)14-7-11(8-16)12(15)9-17-14/h3-7,9H,8,16H2,1-2H3. The van der Waals surface area contributed by atoms with Crippen molar-refractivity contribution in [3.8, 4) is 0 Å². The lowest BCUT2D eigenvalue weighted by Gasteiger charge is -2.21. The van der Waals surface area contributed by atoms with E-state index in [-0.39, 0.29) is 0 Å². The molecule has 0 amide bonds. The van der Waals surface area contributed by atoms with Crippen molar-refractivity contribution >= 4 is 23.1 Å². The molecule has 1 aromatic carbocycles. The Hall–Kier alpha value is -1.58. The molecule has 0 aliphatic heterocycles. The highest BCUT2D eigenvalue weighted by molar-refractivity contribution is 6.31. The van der Waals surface area contributed by atoms with Crippen LogP contribution in [0.25, 0.3) is 0 Å². The molecule has 4 heteroatoms. The molecule has 0 saturated heterocycles. The van der Waals surface area contributed by atoms with Gasteiger partial charge in [-0.15, -0.1) is 0 Å². The van der Waals surface area contributed by atoms with Crippen molar-refractivity contribution in [1.29, 1.82) is 0 Å². The first-order chi connectivity index (χ1) is 8.63. The van der Waals surface area contributed by atoms with E-state index in [1.54, 1.807) is 6.20 Å². The molecular formula is C14H16ClN3. The summed E-state index contributed by atoms with van der Waals surface area (Å²) >= 11 is 6.02. The second kappa shape index (κ2) is 5.38. The number of anilines is 2. The number of nitrogens with zero attached hydrogens (tertiary/aromatic N) is 2. The van der Waals surface area contributed by atoms with Gasteiger partial charge in [-0.25, -0.2) is 4.98 Å². The number of rotatable bonds is 3. The predicted molar refractivity (Wildman–Crippen MR) is 76.4 cm³/mol. The molecule has 3 nitrogen and oxygen atoms in total. The summed E-state index contributed by atoms with van der Waals surface area (Å²) < 4.78 is 0. The number of hydrogen-bond acceptors (Lipinski definition) is 3. The third-order valence-corrected chi connectivity index (χ3v) is 3.30. The van der Waals surface area contributed by atoms with Crippen LogP contribution in [0.2, 0.25) is 5.02 Å². The molecule has 1 heterocycles. The Morgan fingerprint density at radius 3 is 2.72 bits per heavy atom. The lowest BCUT2D eigenvalue weighted by atomic mass is 10.2. The van der Waals surface area contributed by atoms with Crippen LogP contribution in [0.1, 0.15) is 11.1 Å². The van der Waals surface area contributed by atoms with Crippen LogP contribution in [0.4, 0.5) is 11.5 Å². The Bertz CT molecular complexity index is 554. The van der Waals surface area contributed by atoms with Gasteiger partial charge in [-0.05, 0) is 30.2 Å². The molecular weight excluding hydrogens is 246 g/mol. The molecule has 0 atom stereocenters. The Balaban J connectivity index is 2.40. The molecule has 0 unspecified atom stereocenters. The number of pyridine rings is 1. The Kier molecular flexibility index (Phi) is 3.84. The van der Waals surface area contributed by atoms with Gasteiger partial charge in [-0.2, -0.15) is 0 Å². The van der Waals surface area contributed by atoms with E-state index >= 15 is 0 Å². The quantitative estimate of drug-likeness (QED) is 0.922. The first kappa shape index (κ1) is 12.9. The van der Waals surface area contributed by atoms with Crippen LogP contribution in [0, 0.1) is 6.92 Å². The second-order valence-corrected chi connectivity index (χ2v) is 4.59. The van der Waals surface area contributed by atoms with E-state index in [0.717, 1.165) is 17.1 Å². The zero-order valence-corrected chi connectivity index (χ0v) is 11.3. The van der Waals surface area contributed by atoms with Crippen LogP contribution in [0.3, 0.4) is 0 Å². The monoisotopic (exact) mass is 261 g/mol. The third kappa shape index (κ3) is 2.47. The van der Waals surface area contributed by atoms with Gasteiger partial charge < -0.3 is 10.6 Å². The fourth-order valence-electron chi connectivity index (χ4n) is 1.87. The molecule has 2 N–H and O–H groups in total. The number of nitrogens with two attached hydrogens (primary N) is 1. The van der Waals surface area contributed by atoms with E-state index in [9.17, 15) is 0 Å². The highest BCUT2D eigenvalue weighted by Crippen LogP contribution is 2.27. The minimum absolute atomic E-state index is 0.413. The maximum absolute atomic E-state index is 6.02.